The summed E-state index contributed by atoms with van der Waals surface area (Å²) in [6.45, 7) is 9.28. The van der Waals surface area contributed by atoms with Crippen LogP contribution in [-0.2, 0) is 23.4 Å². The smallest absolute Gasteiger partial charge is 0.459 e. The van der Waals surface area contributed by atoms with E-state index in [9.17, 15) is 18.9 Å². The second-order valence-electron chi connectivity index (χ2n) is 10.1. The SMILES string of the molecule is CC(NP(=O)(OC[C@@H]1C[C@H](C)[C@H](n2ccc(=O)[nH]c2=O)O1)Oc1ccccc1)C(=O)OCC(C)(C)C. The van der Waals surface area contributed by atoms with Gasteiger partial charge in [-0.3, -0.25) is 23.7 Å². The van der Waals surface area contributed by atoms with Crippen molar-refractivity contribution in [1.82, 2.24) is 14.6 Å². The monoisotopic (exact) mass is 523 g/mol. The van der Waals surface area contributed by atoms with E-state index in [0.29, 0.717) is 12.2 Å². The zero-order valence-corrected chi connectivity index (χ0v) is 22.0. The third-order valence-corrected chi connectivity index (χ3v) is 6.97. The normalized spacial score (nSPS) is 22.5. The van der Waals surface area contributed by atoms with Crippen molar-refractivity contribution in [1.29, 1.82) is 0 Å². The number of esters is 1. The van der Waals surface area contributed by atoms with Gasteiger partial charge in [0.05, 0.1) is 19.3 Å². The summed E-state index contributed by atoms with van der Waals surface area (Å²) in [5.74, 6) is -0.383. The number of hydrogen-bond donors (Lipinski definition) is 2. The minimum absolute atomic E-state index is 0.0871. The van der Waals surface area contributed by atoms with Crippen molar-refractivity contribution < 1.29 is 27.9 Å². The van der Waals surface area contributed by atoms with Gasteiger partial charge in [0.25, 0.3) is 5.56 Å². The number of nitrogens with zero attached hydrogens (tertiary/aromatic N) is 1. The highest BCUT2D eigenvalue weighted by Gasteiger charge is 2.38. The summed E-state index contributed by atoms with van der Waals surface area (Å²) >= 11 is 0. The van der Waals surface area contributed by atoms with E-state index in [4.69, 9.17) is 18.5 Å². The van der Waals surface area contributed by atoms with Crippen molar-refractivity contribution in [2.75, 3.05) is 13.2 Å². The number of aromatic nitrogens is 2. The van der Waals surface area contributed by atoms with Crippen LogP contribution in [0.5, 0.6) is 5.75 Å². The van der Waals surface area contributed by atoms with Crippen LogP contribution < -0.4 is 20.9 Å². The highest BCUT2D eigenvalue weighted by atomic mass is 31.2. The Morgan fingerprint density at radius 1 is 1.25 bits per heavy atom. The van der Waals surface area contributed by atoms with Gasteiger partial charge in [0.2, 0.25) is 0 Å². The zero-order valence-electron chi connectivity index (χ0n) is 21.1. The number of nitrogens with one attached hydrogen (secondary N) is 2. The molecule has 36 heavy (non-hydrogen) atoms. The van der Waals surface area contributed by atoms with Gasteiger partial charge >= 0.3 is 19.4 Å². The maximum atomic E-state index is 13.7. The molecule has 0 spiro atoms. The summed E-state index contributed by atoms with van der Waals surface area (Å²) in [7, 11) is -4.04. The number of hydrogen-bond acceptors (Lipinski definition) is 8. The maximum Gasteiger partial charge on any atom is 0.459 e. The number of rotatable bonds is 10. The number of ether oxygens (including phenoxy) is 2. The van der Waals surface area contributed by atoms with E-state index in [1.807, 2.05) is 27.7 Å². The van der Waals surface area contributed by atoms with E-state index in [-0.39, 0.29) is 24.5 Å². The minimum atomic E-state index is -4.04. The third kappa shape index (κ3) is 7.89. The lowest BCUT2D eigenvalue weighted by atomic mass is 9.99. The second kappa shape index (κ2) is 11.6. The van der Waals surface area contributed by atoms with Crippen molar-refractivity contribution in [2.45, 2.75) is 59.4 Å². The van der Waals surface area contributed by atoms with Gasteiger partial charge in [0, 0.05) is 18.2 Å². The molecule has 12 heteroatoms. The number of carbonyl (C=O) groups excluding carboxylic acids is 1. The quantitative estimate of drug-likeness (QED) is 0.355. The van der Waals surface area contributed by atoms with E-state index in [0.717, 1.165) is 0 Å². The van der Waals surface area contributed by atoms with Crippen LogP contribution in [0.1, 0.15) is 47.3 Å². The predicted octanol–water partition coefficient (Wildman–Crippen LogP) is 3.23. The zero-order chi connectivity index (χ0) is 26.5. The Labute approximate surface area is 209 Å². The first-order valence-electron chi connectivity index (χ1n) is 11.8. The fourth-order valence-electron chi connectivity index (χ4n) is 3.59. The molecule has 0 amide bonds. The van der Waals surface area contributed by atoms with Gasteiger partial charge in [-0.15, -0.1) is 0 Å². The minimum Gasteiger partial charge on any atom is -0.464 e. The average molecular weight is 524 g/mol. The van der Waals surface area contributed by atoms with Gasteiger partial charge < -0.3 is 14.0 Å². The Balaban J connectivity index is 1.69. The number of benzene rings is 1. The standard InChI is InChI=1S/C24H34N3O8P/c1-16-13-19(34-21(16)27-12-11-20(28)25-23(27)30)14-33-36(31,35-18-9-7-6-8-10-18)26-17(2)22(29)32-15-24(3,4)5/h6-12,16-17,19,21H,13-15H2,1-5H3,(H,26,31)(H,25,28,30)/t16-,17?,19-,21+,36?/m0/s1. The average Bonchev–Trinajstić information content (AvgIpc) is 3.16. The van der Waals surface area contributed by atoms with Crippen LogP contribution in [-0.4, -0.2) is 40.9 Å². The molecule has 1 fully saturated rings. The molecule has 0 radical (unpaired) electrons. The molecular formula is C24H34N3O8P. The van der Waals surface area contributed by atoms with Crippen molar-refractivity contribution in [3.05, 3.63) is 63.4 Å². The molecule has 1 aliphatic heterocycles. The molecule has 2 heterocycles. The van der Waals surface area contributed by atoms with E-state index < -0.39 is 43.3 Å². The molecule has 0 aliphatic carbocycles. The van der Waals surface area contributed by atoms with Crippen LogP contribution in [0.25, 0.3) is 0 Å². The van der Waals surface area contributed by atoms with Crippen LogP contribution >= 0.6 is 7.75 Å². The molecule has 3 rings (SSSR count). The Bertz CT molecular complexity index is 1190. The van der Waals surface area contributed by atoms with Crippen LogP contribution in [0.2, 0.25) is 0 Å². The largest absolute Gasteiger partial charge is 0.464 e. The van der Waals surface area contributed by atoms with Crippen molar-refractivity contribution >= 4 is 13.7 Å². The summed E-state index contributed by atoms with van der Waals surface area (Å²) in [6.07, 6.45) is 0.740. The Kier molecular flexibility index (Phi) is 8.94. The Morgan fingerprint density at radius 3 is 2.58 bits per heavy atom. The second-order valence-corrected chi connectivity index (χ2v) is 11.8. The lowest BCUT2D eigenvalue weighted by molar-refractivity contribution is -0.148. The molecule has 11 nitrogen and oxygen atoms in total. The van der Waals surface area contributed by atoms with Gasteiger partial charge in [-0.2, -0.15) is 5.09 Å². The molecule has 2 N–H and O–H groups in total. The van der Waals surface area contributed by atoms with Gasteiger partial charge in [-0.25, -0.2) is 9.36 Å². The molecule has 1 saturated heterocycles. The number of aromatic amines is 1. The first-order valence-corrected chi connectivity index (χ1v) is 13.3. The highest BCUT2D eigenvalue weighted by molar-refractivity contribution is 7.52. The molecule has 1 aromatic carbocycles. The molecule has 2 unspecified atom stereocenters. The lowest BCUT2D eigenvalue weighted by Gasteiger charge is -2.25. The van der Waals surface area contributed by atoms with Crippen molar-refractivity contribution in [2.24, 2.45) is 11.3 Å². The lowest BCUT2D eigenvalue weighted by Crippen LogP contribution is -2.37. The number of carbonyl (C=O) groups is 1. The predicted molar refractivity (Wildman–Crippen MR) is 133 cm³/mol. The first-order chi connectivity index (χ1) is 16.8. The van der Waals surface area contributed by atoms with Crippen molar-refractivity contribution in [3.8, 4) is 5.75 Å². The van der Waals surface area contributed by atoms with Crippen LogP contribution in [0.3, 0.4) is 0 Å². The van der Waals surface area contributed by atoms with Crippen LogP contribution in [0.4, 0.5) is 0 Å². The van der Waals surface area contributed by atoms with Crippen LogP contribution in [0.15, 0.2) is 52.2 Å². The topological polar surface area (TPSA) is 138 Å². The Morgan fingerprint density at radius 2 is 1.94 bits per heavy atom. The molecule has 0 bridgehead atoms. The molecular weight excluding hydrogens is 489 g/mol. The summed E-state index contributed by atoms with van der Waals surface area (Å²) in [6, 6.07) is 8.72. The molecule has 0 saturated carbocycles. The van der Waals surface area contributed by atoms with Gasteiger partial charge in [0.15, 0.2) is 0 Å². The molecule has 198 valence electrons. The van der Waals surface area contributed by atoms with E-state index in [2.05, 4.69) is 10.1 Å². The first kappa shape index (κ1) is 27.9. The Hall–Kier alpha value is -2.72. The van der Waals surface area contributed by atoms with Crippen LogP contribution in [0, 0.1) is 11.3 Å². The van der Waals surface area contributed by atoms with Gasteiger partial charge in [-0.05, 0) is 30.9 Å². The number of H-pyrrole nitrogens is 1. The van der Waals surface area contributed by atoms with E-state index in [1.54, 1.807) is 30.3 Å². The van der Waals surface area contributed by atoms with Gasteiger partial charge in [-0.1, -0.05) is 45.9 Å². The molecule has 2 aromatic rings. The van der Waals surface area contributed by atoms with E-state index in [1.165, 1.54) is 23.8 Å². The fourth-order valence-corrected chi connectivity index (χ4v) is 5.11. The molecule has 1 aliphatic rings. The fraction of sp³-hybridized carbons (Fsp3) is 0.542. The third-order valence-electron chi connectivity index (χ3n) is 5.33. The highest BCUT2D eigenvalue weighted by Crippen LogP contribution is 2.46. The van der Waals surface area contributed by atoms with Gasteiger partial charge in [0.1, 0.15) is 18.0 Å². The number of para-hydroxylation sites is 1. The maximum absolute atomic E-state index is 13.7. The summed E-state index contributed by atoms with van der Waals surface area (Å²) in [4.78, 5) is 38.2. The molecule has 5 atom stereocenters. The molecule has 1 aromatic heterocycles. The summed E-state index contributed by atoms with van der Waals surface area (Å²) in [5, 5.41) is 2.66. The van der Waals surface area contributed by atoms with E-state index >= 15 is 0 Å². The summed E-state index contributed by atoms with van der Waals surface area (Å²) < 4.78 is 37.6. The van der Waals surface area contributed by atoms with Crippen molar-refractivity contribution in [3.63, 3.8) is 0 Å². The summed E-state index contributed by atoms with van der Waals surface area (Å²) in [5.41, 5.74) is -1.30.